The molecule has 27 heavy (non-hydrogen) atoms. The zero-order valence-electron chi connectivity index (χ0n) is 15.8. The number of carbonyl (C=O) groups is 1. The van der Waals surface area contributed by atoms with Gasteiger partial charge in [0.2, 0.25) is 6.41 Å². The summed E-state index contributed by atoms with van der Waals surface area (Å²) in [4.78, 5) is 10.6. The molecule has 2 rings (SSSR count). The van der Waals surface area contributed by atoms with E-state index in [4.69, 9.17) is 4.74 Å². The number of phenols is 2. The van der Waals surface area contributed by atoms with Gasteiger partial charge in [-0.1, -0.05) is 29.9 Å². The van der Waals surface area contributed by atoms with Gasteiger partial charge in [-0.2, -0.15) is 0 Å². The van der Waals surface area contributed by atoms with Gasteiger partial charge in [0.25, 0.3) is 0 Å². The first-order valence-electron chi connectivity index (χ1n) is 8.78. The lowest BCUT2D eigenvalue weighted by molar-refractivity contribution is -0.105. The average Bonchev–Trinajstić information content (AvgIpc) is 2.61. The summed E-state index contributed by atoms with van der Waals surface area (Å²) >= 11 is 0. The highest BCUT2D eigenvalue weighted by molar-refractivity contribution is 5.80. The summed E-state index contributed by atoms with van der Waals surface area (Å²) in [5.74, 6) is 0.788. The second-order valence-electron chi connectivity index (χ2n) is 6.30. The Bertz CT molecular complexity index is 865. The first-order chi connectivity index (χ1) is 12.9. The number of nitrogens with one attached hydrogen (secondary N) is 1. The highest BCUT2D eigenvalue weighted by atomic mass is 16.5. The molecule has 0 aliphatic carbocycles. The van der Waals surface area contributed by atoms with Crippen LogP contribution in [-0.2, 0) is 11.2 Å². The molecule has 5 heteroatoms. The van der Waals surface area contributed by atoms with E-state index < -0.39 is 0 Å². The van der Waals surface area contributed by atoms with Crippen molar-refractivity contribution < 1.29 is 19.7 Å². The topological polar surface area (TPSA) is 78.8 Å². The molecule has 0 aliphatic rings. The van der Waals surface area contributed by atoms with Gasteiger partial charge in [0, 0.05) is 11.6 Å². The Balaban J connectivity index is 2.44. The maximum absolute atomic E-state index is 10.6. The average molecular weight is 367 g/mol. The molecular weight excluding hydrogens is 342 g/mol. The fraction of sp³-hybridized carbons (Fsp3) is 0.227. The molecule has 0 saturated heterocycles. The number of rotatable bonds is 8. The van der Waals surface area contributed by atoms with E-state index in [0.29, 0.717) is 30.9 Å². The SMILES string of the molecule is CCOc1cc(O)cc(C=Cc2ccc(O)c(NC=O)c2)c1CC=C(C)C. The van der Waals surface area contributed by atoms with Gasteiger partial charge in [0.15, 0.2) is 0 Å². The molecule has 0 aliphatic heterocycles. The van der Waals surface area contributed by atoms with Crippen molar-refractivity contribution in [3.63, 3.8) is 0 Å². The summed E-state index contributed by atoms with van der Waals surface area (Å²) in [6.45, 7) is 6.48. The molecule has 142 valence electrons. The minimum absolute atomic E-state index is 0.000477. The van der Waals surface area contributed by atoms with Gasteiger partial charge in [-0.3, -0.25) is 4.79 Å². The molecule has 0 unspecified atom stereocenters. The summed E-state index contributed by atoms with van der Waals surface area (Å²) in [5.41, 5.74) is 4.16. The molecule has 5 nitrogen and oxygen atoms in total. The molecule has 0 radical (unpaired) electrons. The van der Waals surface area contributed by atoms with Crippen molar-refractivity contribution >= 4 is 24.2 Å². The van der Waals surface area contributed by atoms with Crippen molar-refractivity contribution in [2.75, 3.05) is 11.9 Å². The second-order valence-corrected chi connectivity index (χ2v) is 6.30. The summed E-state index contributed by atoms with van der Waals surface area (Å²) < 4.78 is 5.70. The molecule has 0 atom stereocenters. The van der Waals surface area contributed by atoms with Crippen LogP contribution in [0.2, 0.25) is 0 Å². The van der Waals surface area contributed by atoms with Crippen molar-refractivity contribution in [1.82, 2.24) is 0 Å². The number of anilines is 1. The van der Waals surface area contributed by atoms with Crippen molar-refractivity contribution in [3.8, 4) is 17.2 Å². The van der Waals surface area contributed by atoms with Crippen LogP contribution < -0.4 is 10.1 Å². The predicted molar refractivity (Wildman–Crippen MR) is 109 cm³/mol. The number of amides is 1. The van der Waals surface area contributed by atoms with Crippen molar-refractivity contribution in [2.45, 2.75) is 27.2 Å². The number of aromatic hydroxyl groups is 2. The third-order valence-electron chi connectivity index (χ3n) is 3.93. The Hall–Kier alpha value is -3.21. The van der Waals surface area contributed by atoms with Crippen molar-refractivity contribution in [2.24, 2.45) is 0 Å². The van der Waals surface area contributed by atoms with Crippen LogP contribution in [0.15, 0.2) is 42.0 Å². The number of benzene rings is 2. The molecular formula is C22H25NO4. The molecule has 3 N–H and O–H groups in total. The first-order valence-corrected chi connectivity index (χ1v) is 8.78. The maximum atomic E-state index is 10.6. The first kappa shape index (κ1) is 20.1. The summed E-state index contributed by atoms with van der Waals surface area (Å²) in [5, 5.41) is 22.3. The predicted octanol–water partition coefficient (Wildman–Crippen LogP) is 4.74. The van der Waals surface area contributed by atoms with Gasteiger partial charge in [0.1, 0.15) is 17.2 Å². The van der Waals surface area contributed by atoms with Gasteiger partial charge in [0.05, 0.1) is 12.3 Å². The third kappa shape index (κ3) is 5.64. The minimum atomic E-state index is -0.000477. The van der Waals surface area contributed by atoms with Crippen LogP contribution in [0.1, 0.15) is 37.5 Å². The fourth-order valence-electron chi connectivity index (χ4n) is 2.63. The summed E-state index contributed by atoms with van der Waals surface area (Å²) in [6.07, 6.45) is 7.05. The van der Waals surface area contributed by atoms with Crippen LogP contribution in [0, 0.1) is 0 Å². The van der Waals surface area contributed by atoms with Gasteiger partial charge < -0.3 is 20.3 Å². The Morgan fingerprint density at radius 3 is 2.59 bits per heavy atom. The van der Waals surface area contributed by atoms with E-state index in [-0.39, 0.29) is 11.5 Å². The molecule has 0 bridgehead atoms. The third-order valence-corrected chi connectivity index (χ3v) is 3.93. The van der Waals surface area contributed by atoms with E-state index >= 15 is 0 Å². The number of hydrogen-bond donors (Lipinski definition) is 3. The standard InChI is InChI=1S/C22H25NO4/c1-4-27-22-13-18(25)12-17(19(22)9-5-15(2)3)8-6-16-7-10-21(26)20(11-16)23-14-24/h5-8,10-14,25-26H,4,9H2,1-3H3,(H,23,24). The Kier molecular flexibility index (Phi) is 7.06. The zero-order valence-corrected chi connectivity index (χ0v) is 15.8. The summed E-state index contributed by atoms with van der Waals surface area (Å²) in [6, 6.07) is 8.25. The molecule has 0 aromatic heterocycles. The van der Waals surface area contributed by atoms with E-state index in [1.54, 1.807) is 24.3 Å². The zero-order chi connectivity index (χ0) is 19.8. The quantitative estimate of drug-likeness (QED) is 0.272. The Morgan fingerprint density at radius 2 is 1.93 bits per heavy atom. The number of phenolic OH excluding ortho intramolecular Hbond substituents is 2. The number of hydrogen-bond acceptors (Lipinski definition) is 4. The van der Waals surface area contributed by atoms with Gasteiger partial charge in [-0.15, -0.1) is 0 Å². The minimum Gasteiger partial charge on any atom is -0.508 e. The Labute approximate surface area is 159 Å². The lowest BCUT2D eigenvalue weighted by Crippen LogP contribution is -1.99. The van der Waals surface area contributed by atoms with Crippen LogP contribution in [0.5, 0.6) is 17.2 Å². The lowest BCUT2D eigenvalue weighted by atomic mass is 10.00. The second kappa shape index (κ2) is 9.48. The molecule has 0 spiro atoms. The smallest absolute Gasteiger partial charge is 0.211 e. The Morgan fingerprint density at radius 1 is 1.15 bits per heavy atom. The molecule has 1 amide bonds. The van der Waals surface area contributed by atoms with Crippen LogP contribution in [0.3, 0.4) is 0 Å². The highest BCUT2D eigenvalue weighted by Gasteiger charge is 2.10. The number of carbonyl (C=O) groups excluding carboxylic acids is 1. The largest absolute Gasteiger partial charge is 0.508 e. The molecule has 2 aromatic rings. The monoisotopic (exact) mass is 367 g/mol. The normalized spacial score (nSPS) is 10.6. The van der Waals surface area contributed by atoms with Crippen LogP contribution in [0.4, 0.5) is 5.69 Å². The fourth-order valence-corrected chi connectivity index (χ4v) is 2.63. The van der Waals surface area contributed by atoms with Crippen molar-refractivity contribution in [3.05, 3.63) is 58.7 Å². The maximum Gasteiger partial charge on any atom is 0.211 e. The molecule has 0 fully saturated rings. The molecule has 0 saturated carbocycles. The van der Waals surface area contributed by atoms with E-state index in [9.17, 15) is 15.0 Å². The van der Waals surface area contributed by atoms with Crippen LogP contribution in [0.25, 0.3) is 12.2 Å². The van der Waals surface area contributed by atoms with E-state index in [1.165, 1.54) is 11.6 Å². The van der Waals surface area contributed by atoms with E-state index in [1.807, 2.05) is 32.9 Å². The van der Waals surface area contributed by atoms with E-state index in [2.05, 4.69) is 11.4 Å². The van der Waals surface area contributed by atoms with Crippen LogP contribution >= 0.6 is 0 Å². The summed E-state index contributed by atoms with van der Waals surface area (Å²) in [7, 11) is 0. The van der Waals surface area contributed by atoms with E-state index in [0.717, 1.165) is 16.7 Å². The van der Waals surface area contributed by atoms with Gasteiger partial charge >= 0.3 is 0 Å². The molecule has 0 heterocycles. The highest BCUT2D eigenvalue weighted by Crippen LogP contribution is 2.31. The van der Waals surface area contributed by atoms with Crippen molar-refractivity contribution in [1.29, 1.82) is 0 Å². The number of ether oxygens (including phenoxy) is 1. The van der Waals surface area contributed by atoms with Gasteiger partial charge in [-0.05, 0) is 56.5 Å². The van der Waals surface area contributed by atoms with Gasteiger partial charge in [-0.25, -0.2) is 0 Å². The number of allylic oxidation sites excluding steroid dienone is 2. The molecule has 2 aromatic carbocycles. The van der Waals surface area contributed by atoms with Crippen LogP contribution in [-0.4, -0.2) is 23.2 Å². The lowest BCUT2D eigenvalue weighted by Gasteiger charge is -2.13.